The number of guanidine groups is 1. The molecule has 1 heterocycles. The largest absolute Gasteiger partial charge is 0.380 e. The van der Waals surface area contributed by atoms with Crippen molar-refractivity contribution in [3.8, 4) is 0 Å². The summed E-state index contributed by atoms with van der Waals surface area (Å²) in [5.41, 5.74) is 0. The Morgan fingerprint density at radius 3 is 2.57 bits per heavy atom. The van der Waals surface area contributed by atoms with Crippen LogP contribution in [0.25, 0.3) is 0 Å². The Kier molecular flexibility index (Phi) is 9.67. The Balaban J connectivity index is 2.20. The standard InChI is InChI=1S/C17H34N4O2/c1-14(2)7-11-23-12-8-20-17(19-4)21-9-5-15(6-10-21)13-16(22)18-3/h14-15H,5-13H2,1-4H3,(H,18,22)(H,19,20). The fourth-order valence-electron chi connectivity index (χ4n) is 2.70. The van der Waals surface area contributed by atoms with Crippen molar-refractivity contribution in [2.45, 2.75) is 39.5 Å². The number of piperidine rings is 1. The van der Waals surface area contributed by atoms with E-state index in [4.69, 9.17) is 4.74 Å². The highest BCUT2D eigenvalue weighted by atomic mass is 16.5. The molecule has 1 rings (SSSR count). The number of carbonyl (C=O) groups excluding carboxylic acids is 1. The van der Waals surface area contributed by atoms with Gasteiger partial charge in [0.15, 0.2) is 5.96 Å². The molecule has 0 atom stereocenters. The molecule has 6 heteroatoms. The van der Waals surface area contributed by atoms with E-state index in [2.05, 4.69) is 34.4 Å². The maximum absolute atomic E-state index is 11.4. The van der Waals surface area contributed by atoms with Crippen LogP contribution in [0.4, 0.5) is 0 Å². The van der Waals surface area contributed by atoms with Gasteiger partial charge in [0.1, 0.15) is 0 Å². The summed E-state index contributed by atoms with van der Waals surface area (Å²) in [6, 6.07) is 0. The van der Waals surface area contributed by atoms with Gasteiger partial charge in [0.2, 0.25) is 5.91 Å². The second-order valence-corrected chi connectivity index (χ2v) is 6.58. The number of aliphatic imine (C=N–C) groups is 1. The highest BCUT2D eigenvalue weighted by Gasteiger charge is 2.22. The van der Waals surface area contributed by atoms with Gasteiger partial charge in [-0.05, 0) is 31.1 Å². The molecule has 1 amide bonds. The fraction of sp³-hybridized carbons (Fsp3) is 0.882. The van der Waals surface area contributed by atoms with Crippen LogP contribution in [0.15, 0.2) is 4.99 Å². The fourth-order valence-corrected chi connectivity index (χ4v) is 2.70. The van der Waals surface area contributed by atoms with Gasteiger partial charge in [0, 0.05) is 46.8 Å². The van der Waals surface area contributed by atoms with Gasteiger partial charge in [-0.2, -0.15) is 0 Å². The molecular formula is C17H34N4O2. The average molecular weight is 326 g/mol. The quantitative estimate of drug-likeness (QED) is 0.403. The highest BCUT2D eigenvalue weighted by molar-refractivity contribution is 5.80. The second-order valence-electron chi connectivity index (χ2n) is 6.58. The first-order valence-electron chi connectivity index (χ1n) is 8.80. The van der Waals surface area contributed by atoms with E-state index in [1.165, 1.54) is 0 Å². The molecule has 1 aliphatic rings. The van der Waals surface area contributed by atoms with E-state index in [-0.39, 0.29) is 5.91 Å². The molecule has 0 spiro atoms. The number of likely N-dealkylation sites (tertiary alicyclic amines) is 1. The van der Waals surface area contributed by atoms with Crippen LogP contribution in [-0.2, 0) is 9.53 Å². The zero-order chi connectivity index (χ0) is 17.1. The zero-order valence-corrected chi connectivity index (χ0v) is 15.2. The number of rotatable bonds is 8. The molecule has 1 aliphatic heterocycles. The molecule has 1 saturated heterocycles. The summed E-state index contributed by atoms with van der Waals surface area (Å²) < 4.78 is 5.62. The predicted octanol–water partition coefficient (Wildman–Crippen LogP) is 1.47. The van der Waals surface area contributed by atoms with Crippen molar-refractivity contribution < 1.29 is 9.53 Å². The smallest absolute Gasteiger partial charge is 0.220 e. The maximum Gasteiger partial charge on any atom is 0.220 e. The number of hydrogen-bond acceptors (Lipinski definition) is 3. The molecule has 0 unspecified atom stereocenters. The molecule has 0 aromatic carbocycles. The highest BCUT2D eigenvalue weighted by Crippen LogP contribution is 2.20. The van der Waals surface area contributed by atoms with E-state index < -0.39 is 0 Å². The van der Waals surface area contributed by atoms with Gasteiger partial charge in [0.25, 0.3) is 0 Å². The van der Waals surface area contributed by atoms with Crippen molar-refractivity contribution in [3.05, 3.63) is 0 Å². The first-order chi connectivity index (χ1) is 11.1. The molecule has 0 aromatic rings. The van der Waals surface area contributed by atoms with Crippen LogP contribution in [0.5, 0.6) is 0 Å². The van der Waals surface area contributed by atoms with Crippen molar-refractivity contribution >= 4 is 11.9 Å². The van der Waals surface area contributed by atoms with E-state index in [9.17, 15) is 4.79 Å². The first kappa shape index (κ1) is 19.7. The Bertz CT molecular complexity index is 364. The molecule has 2 N–H and O–H groups in total. The van der Waals surface area contributed by atoms with E-state index in [1.807, 2.05) is 7.05 Å². The summed E-state index contributed by atoms with van der Waals surface area (Å²) in [4.78, 5) is 18.1. The van der Waals surface area contributed by atoms with E-state index in [0.717, 1.165) is 51.5 Å². The first-order valence-corrected chi connectivity index (χ1v) is 8.80. The van der Waals surface area contributed by atoms with E-state index in [1.54, 1.807) is 7.05 Å². The average Bonchev–Trinajstić information content (AvgIpc) is 2.55. The third kappa shape index (κ3) is 8.21. The molecule has 0 aliphatic carbocycles. The lowest BCUT2D eigenvalue weighted by Gasteiger charge is -2.34. The molecule has 0 aromatic heterocycles. The Morgan fingerprint density at radius 2 is 2.00 bits per heavy atom. The number of nitrogens with zero attached hydrogens (tertiary/aromatic N) is 2. The normalized spacial score (nSPS) is 16.7. The Morgan fingerprint density at radius 1 is 1.30 bits per heavy atom. The summed E-state index contributed by atoms with van der Waals surface area (Å²) >= 11 is 0. The van der Waals surface area contributed by atoms with Crippen molar-refractivity contribution in [2.24, 2.45) is 16.8 Å². The van der Waals surface area contributed by atoms with Gasteiger partial charge >= 0.3 is 0 Å². The monoisotopic (exact) mass is 326 g/mol. The Hall–Kier alpha value is -1.30. The van der Waals surface area contributed by atoms with E-state index >= 15 is 0 Å². The molecule has 0 bridgehead atoms. The lowest BCUT2D eigenvalue weighted by Crippen LogP contribution is -2.46. The predicted molar refractivity (Wildman–Crippen MR) is 94.6 cm³/mol. The summed E-state index contributed by atoms with van der Waals surface area (Å²) in [6.07, 6.45) is 3.83. The maximum atomic E-state index is 11.4. The van der Waals surface area contributed by atoms with Gasteiger partial charge in [0.05, 0.1) is 6.61 Å². The molecule has 23 heavy (non-hydrogen) atoms. The number of carbonyl (C=O) groups is 1. The van der Waals surface area contributed by atoms with E-state index in [0.29, 0.717) is 24.9 Å². The number of amides is 1. The van der Waals surface area contributed by atoms with Crippen LogP contribution in [0, 0.1) is 11.8 Å². The van der Waals surface area contributed by atoms with Crippen LogP contribution < -0.4 is 10.6 Å². The second kappa shape index (κ2) is 11.3. The van der Waals surface area contributed by atoms with Crippen LogP contribution in [0.2, 0.25) is 0 Å². The minimum absolute atomic E-state index is 0.143. The van der Waals surface area contributed by atoms with Crippen LogP contribution in [-0.4, -0.2) is 63.7 Å². The minimum atomic E-state index is 0.143. The van der Waals surface area contributed by atoms with Crippen molar-refractivity contribution in [2.75, 3.05) is 46.9 Å². The SMILES string of the molecule is CN=C(NCCOCCC(C)C)N1CCC(CC(=O)NC)CC1. The topological polar surface area (TPSA) is 66.0 Å². The third-order valence-electron chi connectivity index (χ3n) is 4.25. The molecule has 0 saturated carbocycles. The molecular weight excluding hydrogens is 292 g/mol. The number of nitrogens with one attached hydrogen (secondary N) is 2. The van der Waals surface area contributed by atoms with Gasteiger partial charge in [-0.1, -0.05) is 13.8 Å². The Labute approximate surface area is 141 Å². The molecule has 1 fully saturated rings. The van der Waals surface area contributed by atoms with Crippen LogP contribution in [0.3, 0.4) is 0 Å². The summed E-state index contributed by atoms with van der Waals surface area (Å²) in [7, 11) is 3.52. The van der Waals surface area contributed by atoms with Gasteiger partial charge in [-0.25, -0.2) is 0 Å². The van der Waals surface area contributed by atoms with Crippen LogP contribution in [0.1, 0.15) is 39.5 Å². The van der Waals surface area contributed by atoms with Crippen molar-refractivity contribution in [1.29, 1.82) is 0 Å². The zero-order valence-electron chi connectivity index (χ0n) is 15.2. The lowest BCUT2D eigenvalue weighted by molar-refractivity contribution is -0.121. The summed E-state index contributed by atoms with van der Waals surface area (Å²) in [6.45, 7) is 8.63. The third-order valence-corrected chi connectivity index (χ3v) is 4.25. The van der Waals surface area contributed by atoms with Gasteiger partial charge < -0.3 is 20.3 Å². The number of ether oxygens (including phenoxy) is 1. The lowest BCUT2D eigenvalue weighted by atomic mass is 9.93. The minimum Gasteiger partial charge on any atom is -0.380 e. The van der Waals surface area contributed by atoms with Gasteiger partial charge in [-0.3, -0.25) is 9.79 Å². The van der Waals surface area contributed by atoms with Crippen molar-refractivity contribution in [1.82, 2.24) is 15.5 Å². The summed E-state index contributed by atoms with van der Waals surface area (Å²) in [5, 5.41) is 6.07. The molecule has 0 radical (unpaired) electrons. The summed E-state index contributed by atoms with van der Waals surface area (Å²) in [5.74, 6) is 2.26. The molecule has 6 nitrogen and oxygen atoms in total. The van der Waals surface area contributed by atoms with Gasteiger partial charge in [-0.15, -0.1) is 0 Å². The number of hydrogen-bond donors (Lipinski definition) is 2. The molecule has 134 valence electrons. The van der Waals surface area contributed by atoms with Crippen molar-refractivity contribution in [3.63, 3.8) is 0 Å². The van der Waals surface area contributed by atoms with Crippen LogP contribution >= 0.6 is 0 Å².